The first-order valence-corrected chi connectivity index (χ1v) is 7.72. The smallest absolute Gasteiger partial charge is 0.214 e. The lowest BCUT2D eigenvalue weighted by Gasteiger charge is -2.23. The summed E-state index contributed by atoms with van der Waals surface area (Å²) in [4.78, 5) is 0. The van der Waals surface area contributed by atoms with E-state index in [9.17, 15) is 8.42 Å². The standard InChI is InChI=1S/C11H26N2O3S/c1-5-7-12-8-6-9-17(14,15)13(3)11(2)10-16-4/h11-12H,5-10H2,1-4H3. The van der Waals surface area contributed by atoms with E-state index in [2.05, 4.69) is 12.2 Å². The second-order valence-electron chi connectivity index (χ2n) is 4.24. The van der Waals surface area contributed by atoms with Crippen LogP contribution in [0.15, 0.2) is 0 Å². The summed E-state index contributed by atoms with van der Waals surface area (Å²) in [7, 11) is 0.0291. The fraction of sp³-hybridized carbons (Fsp3) is 1.00. The van der Waals surface area contributed by atoms with Gasteiger partial charge in [0, 0.05) is 20.2 Å². The molecule has 0 aromatic heterocycles. The molecule has 0 fully saturated rings. The molecule has 0 rings (SSSR count). The minimum Gasteiger partial charge on any atom is -0.383 e. The third kappa shape index (κ3) is 6.98. The molecule has 0 aliphatic carbocycles. The van der Waals surface area contributed by atoms with E-state index < -0.39 is 10.0 Å². The van der Waals surface area contributed by atoms with E-state index in [1.165, 1.54) is 4.31 Å². The van der Waals surface area contributed by atoms with Crippen LogP contribution >= 0.6 is 0 Å². The fourth-order valence-corrected chi connectivity index (χ4v) is 2.85. The van der Waals surface area contributed by atoms with Crippen molar-refractivity contribution >= 4 is 10.0 Å². The third-order valence-corrected chi connectivity index (χ3v) is 4.69. The van der Waals surface area contributed by atoms with Crippen molar-refractivity contribution < 1.29 is 13.2 Å². The van der Waals surface area contributed by atoms with Crippen LogP contribution in [0.1, 0.15) is 26.7 Å². The van der Waals surface area contributed by atoms with Crippen LogP contribution in [0, 0.1) is 0 Å². The van der Waals surface area contributed by atoms with Crippen LogP contribution in [0.4, 0.5) is 0 Å². The first-order valence-electron chi connectivity index (χ1n) is 6.11. The number of rotatable bonds is 10. The Kier molecular flexibility index (Phi) is 8.77. The third-order valence-electron chi connectivity index (χ3n) is 2.65. The van der Waals surface area contributed by atoms with Crippen molar-refractivity contribution in [3.05, 3.63) is 0 Å². The Labute approximate surface area is 106 Å². The lowest BCUT2D eigenvalue weighted by atomic mass is 10.4. The Morgan fingerprint density at radius 1 is 1.35 bits per heavy atom. The van der Waals surface area contributed by atoms with Crippen molar-refractivity contribution in [3.8, 4) is 0 Å². The van der Waals surface area contributed by atoms with Crippen LogP contribution in [0.25, 0.3) is 0 Å². The van der Waals surface area contributed by atoms with Crippen molar-refractivity contribution in [2.24, 2.45) is 0 Å². The minimum atomic E-state index is -3.16. The van der Waals surface area contributed by atoms with E-state index >= 15 is 0 Å². The van der Waals surface area contributed by atoms with E-state index in [0.717, 1.165) is 19.5 Å². The number of nitrogens with one attached hydrogen (secondary N) is 1. The number of hydrogen-bond acceptors (Lipinski definition) is 4. The molecule has 17 heavy (non-hydrogen) atoms. The Hall–Kier alpha value is -0.170. The van der Waals surface area contributed by atoms with Gasteiger partial charge in [-0.25, -0.2) is 8.42 Å². The van der Waals surface area contributed by atoms with Crippen molar-refractivity contribution in [1.82, 2.24) is 9.62 Å². The summed E-state index contributed by atoms with van der Waals surface area (Å²) >= 11 is 0. The van der Waals surface area contributed by atoms with E-state index in [4.69, 9.17) is 4.74 Å². The molecular weight excluding hydrogens is 240 g/mol. The molecule has 0 saturated carbocycles. The van der Waals surface area contributed by atoms with Crippen LogP contribution in [-0.2, 0) is 14.8 Å². The predicted molar refractivity (Wildman–Crippen MR) is 70.7 cm³/mol. The van der Waals surface area contributed by atoms with Gasteiger partial charge in [-0.3, -0.25) is 0 Å². The lowest BCUT2D eigenvalue weighted by Crippen LogP contribution is -2.39. The van der Waals surface area contributed by atoms with Gasteiger partial charge in [-0.2, -0.15) is 4.31 Å². The van der Waals surface area contributed by atoms with E-state index in [1.807, 2.05) is 6.92 Å². The molecule has 0 heterocycles. The monoisotopic (exact) mass is 266 g/mol. The van der Waals surface area contributed by atoms with Crippen LogP contribution in [0.2, 0.25) is 0 Å². The maximum atomic E-state index is 11.9. The Bertz CT molecular complexity index is 280. The molecule has 0 bridgehead atoms. The zero-order valence-corrected chi connectivity index (χ0v) is 12.2. The predicted octanol–water partition coefficient (Wildman–Crippen LogP) is 0.673. The van der Waals surface area contributed by atoms with Gasteiger partial charge in [-0.05, 0) is 32.9 Å². The van der Waals surface area contributed by atoms with Gasteiger partial charge in [0.2, 0.25) is 10.0 Å². The van der Waals surface area contributed by atoms with Gasteiger partial charge < -0.3 is 10.1 Å². The van der Waals surface area contributed by atoms with E-state index in [0.29, 0.717) is 13.0 Å². The average molecular weight is 266 g/mol. The van der Waals surface area contributed by atoms with Crippen LogP contribution in [-0.4, -0.2) is 58.4 Å². The molecule has 1 unspecified atom stereocenters. The number of sulfonamides is 1. The summed E-state index contributed by atoms with van der Waals surface area (Å²) in [6.45, 7) is 6.04. The van der Waals surface area contributed by atoms with Crippen molar-refractivity contribution in [3.63, 3.8) is 0 Å². The Morgan fingerprint density at radius 2 is 2.00 bits per heavy atom. The number of nitrogens with zero attached hydrogens (tertiary/aromatic N) is 1. The van der Waals surface area contributed by atoms with Crippen LogP contribution in [0.5, 0.6) is 0 Å². The molecule has 104 valence electrons. The quantitative estimate of drug-likeness (QED) is 0.591. The summed E-state index contributed by atoms with van der Waals surface area (Å²) in [5.74, 6) is 0.189. The fourth-order valence-electron chi connectivity index (χ4n) is 1.45. The minimum absolute atomic E-state index is 0.117. The maximum absolute atomic E-state index is 11.9. The van der Waals surface area contributed by atoms with Gasteiger partial charge in [0.15, 0.2) is 0 Å². The van der Waals surface area contributed by atoms with E-state index in [1.54, 1.807) is 14.2 Å². The Morgan fingerprint density at radius 3 is 2.53 bits per heavy atom. The number of likely N-dealkylation sites (N-methyl/N-ethyl adjacent to an activating group) is 1. The number of hydrogen-bond donors (Lipinski definition) is 1. The van der Waals surface area contributed by atoms with Crippen LogP contribution in [0.3, 0.4) is 0 Å². The molecule has 1 N–H and O–H groups in total. The highest BCUT2D eigenvalue weighted by atomic mass is 32.2. The van der Waals surface area contributed by atoms with Crippen molar-refractivity contribution in [2.75, 3.05) is 39.6 Å². The Balaban J connectivity index is 4.01. The average Bonchev–Trinajstić information content (AvgIpc) is 2.28. The molecule has 0 saturated heterocycles. The van der Waals surface area contributed by atoms with Crippen molar-refractivity contribution in [2.45, 2.75) is 32.7 Å². The van der Waals surface area contributed by atoms with Gasteiger partial charge in [0.25, 0.3) is 0 Å². The molecule has 0 spiro atoms. The summed E-state index contributed by atoms with van der Waals surface area (Å²) in [5, 5.41) is 3.19. The van der Waals surface area contributed by atoms with Gasteiger partial charge in [0.05, 0.1) is 12.4 Å². The van der Waals surface area contributed by atoms with Gasteiger partial charge in [0.1, 0.15) is 0 Å². The summed E-state index contributed by atoms with van der Waals surface area (Å²) in [5.41, 5.74) is 0. The normalized spacial score (nSPS) is 14.2. The summed E-state index contributed by atoms with van der Waals surface area (Å²) in [6, 6.07) is -0.117. The SMILES string of the molecule is CCCNCCCS(=O)(=O)N(C)C(C)COC. The van der Waals surface area contributed by atoms with Gasteiger partial charge in [-0.15, -0.1) is 0 Å². The molecule has 6 heteroatoms. The molecule has 1 atom stereocenters. The topological polar surface area (TPSA) is 58.6 Å². The molecule has 5 nitrogen and oxygen atoms in total. The number of ether oxygens (including phenoxy) is 1. The number of methoxy groups -OCH3 is 1. The second kappa shape index (κ2) is 8.85. The largest absolute Gasteiger partial charge is 0.383 e. The molecule has 0 aromatic carbocycles. The van der Waals surface area contributed by atoms with Gasteiger partial charge in [-0.1, -0.05) is 6.92 Å². The first kappa shape index (κ1) is 16.8. The van der Waals surface area contributed by atoms with Crippen LogP contribution < -0.4 is 5.32 Å². The highest BCUT2D eigenvalue weighted by Crippen LogP contribution is 2.06. The highest BCUT2D eigenvalue weighted by molar-refractivity contribution is 7.89. The lowest BCUT2D eigenvalue weighted by molar-refractivity contribution is 0.149. The zero-order valence-electron chi connectivity index (χ0n) is 11.4. The second-order valence-corrected chi connectivity index (χ2v) is 6.39. The highest BCUT2D eigenvalue weighted by Gasteiger charge is 2.22. The molecule has 0 aliphatic rings. The van der Waals surface area contributed by atoms with Crippen molar-refractivity contribution in [1.29, 1.82) is 0 Å². The zero-order chi connectivity index (χ0) is 13.3. The van der Waals surface area contributed by atoms with E-state index in [-0.39, 0.29) is 11.8 Å². The van der Waals surface area contributed by atoms with Gasteiger partial charge >= 0.3 is 0 Å². The molecule has 0 amide bonds. The first-order chi connectivity index (χ1) is 7.95. The summed E-state index contributed by atoms with van der Waals surface area (Å²) < 4.78 is 30.2. The molecular formula is C11H26N2O3S. The molecule has 0 radical (unpaired) electrons. The molecule has 0 aliphatic heterocycles. The maximum Gasteiger partial charge on any atom is 0.214 e. The molecule has 0 aromatic rings. The summed E-state index contributed by atoms with van der Waals surface area (Å²) in [6.07, 6.45) is 1.71.